The van der Waals surface area contributed by atoms with Gasteiger partial charge in [-0.2, -0.15) is 0 Å². The fourth-order valence-electron chi connectivity index (χ4n) is 4.90. The standard InChI is InChI=1S/C31H35BrN2O2/c1-22-12-13-26(18-23(22)2)20-30(35)34(21-25-14-16-27(32)17-15-25)29(19-24-8-4-3-5-9-24)31(36)33-28-10-6-7-11-28/h3-5,8-9,12-18,28-29H,6-7,10-11,19-21H2,1-2H3,(H,33,36). The summed E-state index contributed by atoms with van der Waals surface area (Å²) >= 11 is 3.50. The molecule has 1 N–H and O–H groups in total. The van der Waals surface area contributed by atoms with Crippen LogP contribution in [0.25, 0.3) is 0 Å². The minimum Gasteiger partial charge on any atom is -0.352 e. The maximum absolute atomic E-state index is 13.9. The smallest absolute Gasteiger partial charge is 0.243 e. The number of halogens is 1. The lowest BCUT2D eigenvalue weighted by molar-refractivity contribution is -0.141. The first-order valence-corrected chi connectivity index (χ1v) is 13.6. The predicted molar refractivity (Wildman–Crippen MR) is 149 cm³/mol. The van der Waals surface area contributed by atoms with Gasteiger partial charge in [-0.3, -0.25) is 9.59 Å². The van der Waals surface area contributed by atoms with Gasteiger partial charge in [0.1, 0.15) is 6.04 Å². The van der Waals surface area contributed by atoms with E-state index in [0.717, 1.165) is 46.8 Å². The summed E-state index contributed by atoms with van der Waals surface area (Å²) in [7, 11) is 0. The van der Waals surface area contributed by atoms with E-state index < -0.39 is 6.04 Å². The number of nitrogens with zero attached hydrogens (tertiary/aromatic N) is 1. The van der Waals surface area contributed by atoms with Crippen LogP contribution in [0.5, 0.6) is 0 Å². The lowest BCUT2D eigenvalue weighted by Crippen LogP contribution is -2.52. The van der Waals surface area contributed by atoms with Crippen LogP contribution >= 0.6 is 15.9 Å². The largest absolute Gasteiger partial charge is 0.352 e. The molecule has 0 bridgehead atoms. The summed E-state index contributed by atoms with van der Waals surface area (Å²) < 4.78 is 0.985. The lowest BCUT2D eigenvalue weighted by Gasteiger charge is -2.32. The van der Waals surface area contributed by atoms with Crippen LogP contribution in [0.2, 0.25) is 0 Å². The highest BCUT2D eigenvalue weighted by Crippen LogP contribution is 2.21. The van der Waals surface area contributed by atoms with E-state index in [1.165, 1.54) is 11.1 Å². The van der Waals surface area contributed by atoms with Crippen molar-refractivity contribution in [3.8, 4) is 0 Å². The van der Waals surface area contributed by atoms with E-state index >= 15 is 0 Å². The van der Waals surface area contributed by atoms with Gasteiger partial charge in [0.25, 0.3) is 0 Å². The number of carbonyl (C=O) groups excluding carboxylic acids is 2. The van der Waals surface area contributed by atoms with Crippen LogP contribution in [-0.4, -0.2) is 28.8 Å². The van der Waals surface area contributed by atoms with Gasteiger partial charge in [0.2, 0.25) is 11.8 Å². The Morgan fingerprint density at radius 1 is 0.889 bits per heavy atom. The zero-order valence-electron chi connectivity index (χ0n) is 21.2. The number of carbonyl (C=O) groups is 2. The third-order valence-corrected chi connectivity index (χ3v) is 7.69. The number of aryl methyl sites for hydroxylation is 2. The highest BCUT2D eigenvalue weighted by molar-refractivity contribution is 9.10. The van der Waals surface area contributed by atoms with Gasteiger partial charge in [-0.05, 0) is 66.6 Å². The van der Waals surface area contributed by atoms with Gasteiger partial charge >= 0.3 is 0 Å². The van der Waals surface area contributed by atoms with E-state index in [2.05, 4.69) is 47.2 Å². The van der Waals surface area contributed by atoms with E-state index in [1.54, 1.807) is 4.90 Å². The SMILES string of the molecule is Cc1ccc(CC(=O)N(Cc2ccc(Br)cc2)C(Cc2ccccc2)C(=O)NC2CCCC2)cc1C. The first kappa shape index (κ1) is 26.2. The third kappa shape index (κ3) is 7.07. The van der Waals surface area contributed by atoms with Crippen LogP contribution in [0.3, 0.4) is 0 Å². The summed E-state index contributed by atoms with van der Waals surface area (Å²) in [6.07, 6.45) is 5.04. The molecule has 1 atom stereocenters. The average molecular weight is 548 g/mol. The van der Waals surface area contributed by atoms with Crippen LogP contribution in [0.4, 0.5) is 0 Å². The normalized spacial score (nSPS) is 14.4. The molecule has 0 radical (unpaired) electrons. The number of hydrogen-bond donors (Lipinski definition) is 1. The van der Waals surface area contributed by atoms with E-state index in [4.69, 9.17) is 0 Å². The number of benzene rings is 3. The van der Waals surface area contributed by atoms with Crippen molar-refractivity contribution in [2.45, 2.75) is 71.0 Å². The first-order valence-electron chi connectivity index (χ1n) is 12.8. The number of nitrogens with one attached hydrogen (secondary N) is 1. The molecule has 1 unspecified atom stereocenters. The third-order valence-electron chi connectivity index (χ3n) is 7.17. The second-order valence-corrected chi connectivity index (χ2v) is 10.9. The van der Waals surface area contributed by atoms with Crippen molar-refractivity contribution in [2.24, 2.45) is 0 Å². The minimum atomic E-state index is -0.587. The Hall–Kier alpha value is -2.92. The van der Waals surface area contributed by atoms with Gasteiger partial charge in [0.05, 0.1) is 6.42 Å². The molecule has 36 heavy (non-hydrogen) atoms. The molecule has 4 rings (SSSR count). The molecule has 3 aromatic carbocycles. The molecule has 0 aromatic heterocycles. The number of amides is 2. The molecule has 5 heteroatoms. The maximum Gasteiger partial charge on any atom is 0.243 e. The molecule has 4 nitrogen and oxygen atoms in total. The second-order valence-electron chi connectivity index (χ2n) is 9.94. The highest BCUT2D eigenvalue weighted by Gasteiger charge is 2.32. The Bertz CT molecular complexity index is 1170. The van der Waals surface area contributed by atoms with Crippen LogP contribution in [0.15, 0.2) is 77.3 Å². The molecule has 188 valence electrons. The summed E-state index contributed by atoms with van der Waals surface area (Å²) in [5.74, 6) is -0.0972. The molecule has 0 heterocycles. The van der Waals surface area contributed by atoms with Crippen LogP contribution in [-0.2, 0) is 29.0 Å². The van der Waals surface area contributed by atoms with Gasteiger partial charge in [-0.15, -0.1) is 0 Å². The van der Waals surface area contributed by atoms with Gasteiger partial charge in [0, 0.05) is 23.5 Å². The molecule has 3 aromatic rings. The topological polar surface area (TPSA) is 49.4 Å². The van der Waals surface area contributed by atoms with Crippen molar-refractivity contribution >= 4 is 27.7 Å². The summed E-state index contributed by atoms with van der Waals surface area (Å²) in [4.78, 5) is 29.4. The van der Waals surface area contributed by atoms with Crippen molar-refractivity contribution < 1.29 is 9.59 Å². The van der Waals surface area contributed by atoms with E-state index in [1.807, 2.05) is 60.7 Å². The van der Waals surface area contributed by atoms with Crippen molar-refractivity contribution in [1.29, 1.82) is 0 Å². The predicted octanol–water partition coefficient (Wildman–Crippen LogP) is 6.31. The van der Waals surface area contributed by atoms with Gasteiger partial charge in [-0.25, -0.2) is 0 Å². The Morgan fingerprint density at radius 2 is 1.56 bits per heavy atom. The average Bonchev–Trinajstić information content (AvgIpc) is 3.38. The molecule has 0 saturated heterocycles. The quantitative estimate of drug-likeness (QED) is 0.342. The molecule has 1 aliphatic carbocycles. The molecule has 1 saturated carbocycles. The molecule has 0 spiro atoms. The number of rotatable bonds is 9. The molecule has 1 fully saturated rings. The van der Waals surface area contributed by atoms with Crippen molar-refractivity contribution in [3.05, 3.63) is 105 Å². The van der Waals surface area contributed by atoms with Gasteiger partial charge in [0.15, 0.2) is 0 Å². The molecule has 1 aliphatic rings. The Labute approximate surface area is 223 Å². The van der Waals surface area contributed by atoms with E-state index in [-0.39, 0.29) is 24.3 Å². The lowest BCUT2D eigenvalue weighted by atomic mass is 10.00. The maximum atomic E-state index is 13.9. The van der Waals surface area contributed by atoms with Crippen molar-refractivity contribution in [1.82, 2.24) is 10.2 Å². The summed E-state index contributed by atoms with van der Waals surface area (Å²) in [6.45, 7) is 4.52. The first-order chi connectivity index (χ1) is 17.4. The van der Waals surface area contributed by atoms with E-state index in [0.29, 0.717) is 13.0 Å². The van der Waals surface area contributed by atoms with Crippen molar-refractivity contribution in [3.63, 3.8) is 0 Å². The molecular weight excluding hydrogens is 512 g/mol. The second kappa shape index (κ2) is 12.4. The number of hydrogen-bond acceptors (Lipinski definition) is 2. The van der Waals surface area contributed by atoms with E-state index in [9.17, 15) is 9.59 Å². The van der Waals surface area contributed by atoms with Crippen molar-refractivity contribution in [2.75, 3.05) is 0 Å². The van der Waals surface area contributed by atoms with Gasteiger partial charge in [-0.1, -0.05) is 89.4 Å². The van der Waals surface area contributed by atoms with Crippen LogP contribution < -0.4 is 5.32 Å². The molecule has 2 amide bonds. The van der Waals surface area contributed by atoms with Crippen LogP contribution in [0, 0.1) is 13.8 Å². The summed E-state index contributed by atoms with van der Waals surface area (Å²) in [5, 5.41) is 3.27. The van der Waals surface area contributed by atoms with Gasteiger partial charge < -0.3 is 10.2 Å². The highest BCUT2D eigenvalue weighted by atomic mass is 79.9. The Kier molecular flexibility index (Phi) is 8.98. The Morgan fingerprint density at radius 3 is 2.22 bits per heavy atom. The monoisotopic (exact) mass is 546 g/mol. The fraction of sp³-hybridized carbons (Fsp3) is 0.355. The zero-order valence-corrected chi connectivity index (χ0v) is 22.8. The molecule has 0 aliphatic heterocycles. The van der Waals surface area contributed by atoms with Crippen LogP contribution in [0.1, 0.15) is 53.5 Å². The Balaban J connectivity index is 1.66. The molecular formula is C31H35BrN2O2. The summed E-state index contributed by atoms with van der Waals surface area (Å²) in [5.41, 5.74) is 5.39. The fourth-order valence-corrected chi connectivity index (χ4v) is 5.16. The minimum absolute atomic E-state index is 0.0383. The summed E-state index contributed by atoms with van der Waals surface area (Å²) in [6, 6.07) is 23.7. The zero-order chi connectivity index (χ0) is 25.5.